The molecule has 0 atom stereocenters. The second-order valence-corrected chi connectivity index (χ2v) is 5.05. The van der Waals surface area contributed by atoms with Gasteiger partial charge in [-0.2, -0.15) is 0 Å². The largest absolute Gasteiger partial charge is 0.435 e. The van der Waals surface area contributed by atoms with Gasteiger partial charge in [0.1, 0.15) is 6.33 Å². The van der Waals surface area contributed by atoms with E-state index < -0.39 is 5.82 Å². The fraction of sp³-hybridized carbons (Fsp3) is 0. The first-order chi connectivity index (χ1) is 9.63. The standard InChI is InChI=1S/C14H9BrFN3O/c15-8-1-3-11(16)13(5-8)20-14-10-6-9(17)2-4-12(10)18-7-19-14/h1-7H,17H2. The summed E-state index contributed by atoms with van der Waals surface area (Å²) >= 11 is 3.27. The third kappa shape index (κ3) is 2.42. The quantitative estimate of drug-likeness (QED) is 0.722. The van der Waals surface area contributed by atoms with E-state index in [1.165, 1.54) is 18.5 Å². The monoisotopic (exact) mass is 333 g/mol. The number of ether oxygens (including phenoxy) is 1. The Bertz CT molecular complexity index is 794. The maximum absolute atomic E-state index is 13.7. The number of halogens is 2. The molecule has 0 saturated carbocycles. The van der Waals surface area contributed by atoms with Gasteiger partial charge in [-0.3, -0.25) is 0 Å². The first-order valence-corrected chi connectivity index (χ1v) is 6.56. The van der Waals surface area contributed by atoms with Crippen molar-refractivity contribution in [2.75, 3.05) is 5.73 Å². The molecule has 2 N–H and O–H groups in total. The van der Waals surface area contributed by atoms with Crippen molar-refractivity contribution in [3.63, 3.8) is 0 Å². The van der Waals surface area contributed by atoms with E-state index in [1.807, 2.05) is 0 Å². The molecule has 0 spiro atoms. The normalized spacial score (nSPS) is 10.7. The molecule has 0 unspecified atom stereocenters. The Balaban J connectivity index is 2.10. The van der Waals surface area contributed by atoms with Crippen LogP contribution >= 0.6 is 15.9 Å². The highest BCUT2D eigenvalue weighted by Crippen LogP contribution is 2.30. The van der Waals surface area contributed by atoms with Crippen LogP contribution in [0.25, 0.3) is 10.9 Å². The van der Waals surface area contributed by atoms with Crippen molar-refractivity contribution in [3.05, 3.63) is 53.0 Å². The number of rotatable bonds is 2. The van der Waals surface area contributed by atoms with Gasteiger partial charge in [0.15, 0.2) is 11.6 Å². The van der Waals surface area contributed by atoms with Crippen LogP contribution in [-0.2, 0) is 0 Å². The molecule has 1 heterocycles. The van der Waals surface area contributed by atoms with E-state index in [9.17, 15) is 4.39 Å². The van der Waals surface area contributed by atoms with Gasteiger partial charge in [-0.1, -0.05) is 15.9 Å². The first-order valence-electron chi connectivity index (χ1n) is 5.76. The summed E-state index contributed by atoms with van der Waals surface area (Å²) in [5, 5.41) is 0.631. The van der Waals surface area contributed by atoms with Gasteiger partial charge in [-0.05, 0) is 36.4 Å². The molecular formula is C14H9BrFN3O. The summed E-state index contributed by atoms with van der Waals surface area (Å²) in [6.07, 6.45) is 1.36. The van der Waals surface area contributed by atoms with Gasteiger partial charge < -0.3 is 10.5 Å². The average molecular weight is 334 g/mol. The van der Waals surface area contributed by atoms with E-state index in [0.29, 0.717) is 21.1 Å². The van der Waals surface area contributed by atoms with Gasteiger partial charge in [0, 0.05) is 10.2 Å². The summed E-state index contributed by atoms with van der Waals surface area (Å²) in [6, 6.07) is 9.64. The SMILES string of the molecule is Nc1ccc2ncnc(Oc3cc(Br)ccc3F)c2c1. The molecule has 0 amide bonds. The molecule has 0 fully saturated rings. The minimum Gasteiger partial charge on any atom is -0.435 e. The van der Waals surface area contributed by atoms with Crippen molar-refractivity contribution in [2.24, 2.45) is 0 Å². The number of aromatic nitrogens is 2. The summed E-state index contributed by atoms with van der Waals surface area (Å²) in [5.41, 5.74) is 6.99. The van der Waals surface area contributed by atoms with Crippen molar-refractivity contribution in [1.82, 2.24) is 9.97 Å². The van der Waals surface area contributed by atoms with Crippen LogP contribution in [0.2, 0.25) is 0 Å². The van der Waals surface area contributed by atoms with E-state index in [-0.39, 0.29) is 11.6 Å². The summed E-state index contributed by atoms with van der Waals surface area (Å²) in [4.78, 5) is 8.16. The number of nitrogen functional groups attached to an aromatic ring is 1. The molecule has 2 aromatic carbocycles. The Kier molecular flexibility index (Phi) is 3.23. The molecule has 3 aromatic rings. The highest BCUT2D eigenvalue weighted by Gasteiger charge is 2.10. The predicted octanol–water partition coefficient (Wildman–Crippen LogP) is 3.91. The smallest absolute Gasteiger partial charge is 0.230 e. The Labute approximate surface area is 122 Å². The third-order valence-corrected chi connectivity index (χ3v) is 3.22. The molecule has 0 aliphatic rings. The summed E-state index contributed by atoms with van der Waals surface area (Å²) in [5.74, 6) is -0.120. The highest BCUT2D eigenvalue weighted by molar-refractivity contribution is 9.10. The molecule has 0 saturated heterocycles. The van der Waals surface area contributed by atoms with E-state index >= 15 is 0 Å². The Hall–Kier alpha value is -2.21. The van der Waals surface area contributed by atoms with E-state index in [1.54, 1.807) is 24.3 Å². The molecule has 0 radical (unpaired) electrons. The molecule has 0 bridgehead atoms. The number of fused-ring (bicyclic) bond motifs is 1. The molecule has 1 aromatic heterocycles. The summed E-state index contributed by atoms with van der Waals surface area (Å²) in [7, 11) is 0. The van der Waals surface area contributed by atoms with Gasteiger partial charge >= 0.3 is 0 Å². The molecule has 20 heavy (non-hydrogen) atoms. The van der Waals surface area contributed by atoms with Crippen LogP contribution in [0, 0.1) is 5.82 Å². The van der Waals surface area contributed by atoms with Gasteiger partial charge in [0.25, 0.3) is 0 Å². The lowest BCUT2D eigenvalue weighted by molar-refractivity contribution is 0.431. The number of nitrogens with zero attached hydrogens (tertiary/aromatic N) is 2. The molecule has 0 aliphatic heterocycles. The molecule has 6 heteroatoms. The minimum absolute atomic E-state index is 0.0850. The van der Waals surface area contributed by atoms with Gasteiger partial charge in [-0.25, -0.2) is 14.4 Å². The van der Waals surface area contributed by atoms with Crippen LogP contribution in [0.3, 0.4) is 0 Å². The second-order valence-electron chi connectivity index (χ2n) is 4.13. The molecular weight excluding hydrogens is 325 g/mol. The molecule has 4 nitrogen and oxygen atoms in total. The lowest BCUT2D eigenvalue weighted by Gasteiger charge is -2.08. The van der Waals surface area contributed by atoms with Crippen molar-refractivity contribution in [3.8, 4) is 11.6 Å². The van der Waals surface area contributed by atoms with Crippen molar-refractivity contribution in [2.45, 2.75) is 0 Å². The second kappa shape index (κ2) is 5.05. The Morgan fingerprint density at radius 2 is 1.95 bits per heavy atom. The number of anilines is 1. The van der Waals surface area contributed by atoms with E-state index in [0.717, 1.165) is 0 Å². The molecule has 100 valence electrons. The van der Waals surface area contributed by atoms with Crippen molar-refractivity contribution < 1.29 is 9.13 Å². The maximum atomic E-state index is 13.7. The fourth-order valence-electron chi connectivity index (χ4n) is 1.79. The zero-order chi connectivity index (χ0) is 14.1. The lowest BCUT2D eigenvalue weighted by Crippen LogP contribution is -1.94. The predicted molar refractivity (Wildman–Crippen MR) is 78.1 cm³/mol. The summed E-state index contributed by atoms with van der Waals surface area (Å²) < 4.78 is 20.0. The fourth-order valence-corrected chi connectivity index (χ4v) is 2.13. The van der Waals surface area contributed by atoms with Crippen LogP contribution in [0.4, 0.5) is 10.1 Å². The lowest BCUT2D eigenvalue weighted by atomic mass is 10.2. The highest BCUT2D eigenvalue weighted by atomic mass is 79.9. The van der Waals surface area contributed by atoms with Crippen LogP contribution in [0.5, 0.6) is 11.6 Å². The van der Waals surface area contributed by atoms with Crippen molar-refractivity contribution >= 4 is 32.5 Å². The molecule has 0 aliphatic carbocycles. The number of benzene rings is 2. The number of nitrogens with two attached hydrogens (primary N) is 1. The number of hydrogen-bond acceptors (Lipinski definition) is 4. The zero-order valence-electron chi connectivity index (χ0n) is 10.2. The van der Waals surface area contributed by atoms with Gasteiger partial charge in [0.05, 0.1) is 10.9 Å². The zero-order valence-corrected chi connectivity index (χ0v) is 11.8. The van der Waals surface area contributed by atoms with Crippen LogP contribution in [-0.4, -0.2) is 9.97 Å². The minimum atomic E-state index is -0.469. The van der Waals surface area contributed by atoms with Crippen molar-refractivity contribution in [1.29, 1.82) is 0 Å². The average Bonchev–Trinajstić information content (AvgIpc) is 2.43. The maximum Gasteiger partial charge on any atom is 0.230 e. The Morgan fingerprint density at radius 1 is 1.10 bits per heavy atom. The first kappa shape index (κ1) is 12.8. The van der Waals surface area contributed by atoms with Crippen LogP contribution in [0.15, 0.2) is 47.2 Å². The van der Waals surface area contributed by atoms with Gasteiger partial charge in [0.2, 0.25) is 5.88 Å². The summed E-state index contributed by atoms with van der Waals surface area (Å²) in [6.45, 7) is 0. The van der Waals surface area contributed by atoms with E-state index in [2.05, 4.69) is 25.9 Å². The molecule has 3 rings (SSSR count). The van der Waals surface area contributed by atoms with Gasteiger partial charge in [-0.15, -0.1) is 0 Å². The van der Waals surface area contributed by atoms with Crippen LogP contribution in [0.1, 0.15) is 0 Å². The van der Waals surface area contributed by atoms with Crippen LogP contribution < -0.4 is 10.5 Å². The topological polar surface area (TPSA) is 61.0 Å². The van der Waals surface area contributed by atoms with E-state index in [4.69, 9.17) is 10.5 Å². The Morgan fingerprint density at radius 3 is 2.80 bits per heavy atom. The number of hydrogen-bond donors (Lipinski definition) is 1. The third-order valence-electron chi connectivity index (χ3n) is 2.72.